The lowest BCUT2D eigenvalue weighted by Gasteiger charge is -2.21. The lowest BCUT2D eigenvalue weighted by atomic mass is 10.1. The summed E-state index contributed by atoms with van der Waals surface area (Å²) in [6.07, 6.45) is 4.13. The highest BCUT2D eigenvalue weighted by Gasteiger charge is 2.23. The summed E-state index contributed by atoms with van der Waals surface area (Å²) in [6.45, 7) is 4.41. The minimum Gasteiger partial charge on any atom is -0.486 e. The second-order valence-electron chi connectivity index (χ2n) is 5.56. The van der Waals surface area contributed by atoms with Crippen LogP contribution in [0.3, 0.4) is 0 Å². The number of halogens is 1. The zero-order chi connectivity index (χ0) is 13.2. The van der Waals surface area contributed by atoms with Crippen molar-refractivity contribution in [3.05, 3.63) is 22.2 Å². The molecule has 1 heterocycles. The van der Waals surface area contributed by atoms with Gasteiger partial charge in [-0.3, -0.25) is 0 Å². The topological polar surface area (TPSA) is 30.5 Å². The lowest BCUT2D eigenvalue weighted by molar-refractivity contribution is 0.170. The van der Waals surface area contributed by atoms with Crippen molar-refractivity contribution in [1.29, 1.82) is 0 Å². The Kier molecular flexibility index (Phi) is 3.99. The summed E-state index contributed by atoms with van der Waals surface area (Å²) in [4.78, 5) is 0. The van der Waals surface area contributed by atoms with Gasteiger partial charge in [0.2, 0.25) is 0 Å². The number of ether oxygens (including phenoxy) is 2. The molecule has 1 unspecified atom stereocenters. The van der Waals surface area contributed by atoms with Crippen LogP contribution in [-0.2, 0) is 6.54 Å². The number of nitrogens with one attached hydrogen (secondary N) is 1. The van der Waals surface area contributed by atoms with Crippen LogP contribution in [0.2, 0.25) is 0 Å². The van der Waals surface area contributed by atoms with E-state index in [1.165, 1.54) is 24.8 Å². The van der Waals surface area contributed by atoms with Crippen molar-refractivity contribution >= 4 is 15.9 Å². The van der Waals surface area contributed by atoms with Crippen molar-refractivity contribution < 1.29 is 9.47 Å². The van der Waals surface area contributed by atoms with Gasteiger partial charge in [0.1, 0.15) is 13.2 Å². The maximum atomic E-state index is 5.64. The largest absolute Gasteiger partial charge is 0.486 e. The molecule has 19 heavy (non-hydrogen) atoms. The third kappa shape index (κ3) is 3.42. The van der Waals surface area contributed by atoms with Gasteiger partial charge in [0.05, 0.1) is 4.47 Å². The molecular formula is C15H20BrNO2. The van der Waals surface area contributed by atoms with E-state index in [0.29, 0.717) is 19.3 Å². The molecular weight excluding hydrogens is 306 g/mol. The molecule has 0 bridgehead atoms. The Labute approximate surface area is 122 Å². The quantitative estimate of drug-likeness (QED) is 0.898. The zero-order valence-electron chi connectivity index (χ0n) is 11.2. The van der Waals surface area contributed by atoms with Crippen LogP contribution in [0.25, 0.3) is 0 Å². The molecule has 1 aliphatic carbocycles. The summed E-state index contributed by atoms with van der Waals surface area (Å²) in [7, 11) is 0. The zero-order valence-corrected chi connectivity index (χ0v) is 12.8. The van der Waals surface area contributed by atoms with Crippen LogP contribution in [-0.4, -0.2) is 19.3 Å². The van der Waals surface area contributed by atoms with Crippen molar-refractivity contribution in [2.75, 3.05) is 13.2 Å². The second-order valence-corrected chi connectivity index (χ2v) is 6.42. The molecule has 3 nitrogen and oxygen atoms in total. The van der Waals surface area contributed by atoms with E-state index >= 15 is 0 Å². The van der Waals surface area contributed by atoms with Gasteiger partial charge in [0.25, 0.3) is 0 Å². The van der Waals surface area contributed by atoms with E-state index in [0.717, 1.165) is 28.4 Å². The number of rotatable bonds is 5. The predicted octanol–water partition coefficient (Wildman–Crippen LogP) is 3.50. The SMILES string of the molecule is CC(CC1CC1)NCc1cc(Br)c2c(c1)OCCO2. The molecule has 1 aromatic rings. The van der Waals surface area contributed by atoms with Gasteiger partial charge < -0.3 is 14.8 Å². The van der Waals surface area contributed by atoms with E-state index in [1.54, 1.807) is 0 Å². The molecule has 0 radical (unpaired) electrons. The van der Waals surface area contributed by atoms with E-state index < -0.39 is 0 Å². The Hall–Kier alpha value is -0.740. The Morgan fingerprint density at radius 3 is 2.89 bits per heavy atom. The minimum absolute atomic E-state index is 0.583. The van der Waals surface area contributed by atoms with Crippen molar-refractivity contribution in [3.63, 3.8) is 0 Å². The first-order valence-corrected chi connectivity index (χ1v) is 7.83. The molecule has 1 N–H and O–H groups in total. The molecule has 0 spiro atoms. The van der Waals surface area contributed by atoms with Crippen LogP contribution >= 0.6 is 15.9 Å². The maximum Gasteiger partial charge on any atom is 0.175 e. The molecule has 4 heteroatoms. The molecule has 0 amide bonds. The summed E-state index contributed by atoms with van der Waals surface area (Å²) in [5.41, 5.74) is 1.23. The first-order chi connectivity index (χ1) is 9.22. The second kappa shape index (κ2) is 5.71. The van der Waals surface area contributed by atoms with Gasteiger partial charge in [-0.25, -0.2) is 0 Å². The van der Waals surface area contributed by atoms with Crippen molar-refractivity contribution in [2.45, 2.75) is 38.8 Å². The molecule has 1 aromatic carbocycles. The highest BCUT2D eigenvalue weighted by molar-refractivity contribution is 9.10. The molecule has 3 rings (SSSR count). The molecule has 1 aliphatic heterocycles. The monoisotopic (exact) mass is 325 g/mol. The standard InChI is InChI=1S/C15H20BrNO2/c1-10(6-11-2-3-11)17-9-12-7-13(16)15-14(8-12)18-4-5-19-15/h7-8,10-11,17H,2-6,9H2,1H3. The van der Waals surface area contributed by atoms with Crippen molar-refractivity contribution in [3.8, 4) is 11.5 Å². The summed E-state index contributed by atoms with van der Waals surface area (Å²) in [5, 5.41) is 3.59. The smallest absolute Gasteiger partial charge is 0.175 e. The van der Waals surface area contributed by atoms with Gasteiger partial charge in [0.15, 0.2) is 11.5 Å². The Morgan fingerprint density at radius 1 is 1.32 bits per heavy atom. The average molecular weight is 326 g/mol. The highest BCUT2D eigenvalue weighted by atomic mass is 79.9. The lowest BCUT2D eigenvalue weighted by Crippen LogP contribution is -2.26. The van der Waals surface area contributed by atoms with Crippen molar-refractivity contribution in [2.24, 2.45) is 5.92 Å². The van der Waals surface area contributed by atoms with E-state index in [2.05, 4.69) is 40.3 Å². The minimum atomic E-state index is 0.583. The van der Waals surface area contributed by atoms with E-state index in [9.17, 15) is 0 Å². The summed E-state index contributed by atoms with van der Waals surface area (Å²) >= 11 is 3.56. The molecule has 104 valence electrons. The Balaban J connectivity index is 1.62. The van der Waals surface area contributed by atoms with Crippen LogP contribution < -0.4 is 14.8 Å². The van der Waals surface area contributed by atoms with Crippen LogP contribution in [0.5, 0.6) is 11.5 Å². The predicted molar refractivity (Wildman–Crippen MR) is 78.8 cm³/mol. The van der Waals surface area contributed by atoms with E-state index in [1.807, 2.05) is 0 Å². The van der Waals surface area contributed by atoms with Crippen LogP contribution in [0.4, 0.5) is 0 Å². The Bertz CT molecular complexity index is 460. The number of benzene rings is 1. The van der Waals surface area contributed by atoms with Gasteiger partial charge in [-0.2, -0.15) is 0 Å². The normalized spacial score (nSPS) is 19.3. The van der Waals surface area contributed by atoms with E-state index in [4.69, 9.17) is 9.47 Å². The number of hydrogen-bond acceptors (Lipinski definition) is 3. The van der Waals surface area contributed by atoms with Gasteiger partial charge in [-0.05, 0) is 52.9 Å². The van der Waals surface area contributed by atoms with Gasteiger partial charge in [-0.1, -0.05) is 12.8 Å². The molecule has 1 atom stereocenters. The first-order valence-electron chi connectivity index (χ1n) is 7.04. The average Bonchev–Trinajstić information content (AvgIpc) is 3.20. The fraction of sp³-hybridized carbons (Fsp3) is 0.600. The van der Waals surface area contributed by atoms with Crippen LogP contribution in [0.1, 0.15) is 31.7 Å². The molecule has 0 saturated heterocycles. The third-order valence-corrected chi connectivity index (χ3v) is 4.28. The van der Waals surface area contributed by atoms with Gasteiger partial charge in [0, 0.05) is 12.6 Å². The maximum absolute atomic E-state index is 5.64. The number of fused-ring (bicyclic) bond motifs is 1. The van der Waals surface area contributed by atoms with Crippen LogP contribution in [0, 0.1) is 5.92 Å². The van der Waals surface area contributed by atoms with E-state index in [-0.39, 0.29) is 0 Å². The molecule has 1 saturated carbocycles. The highest BCUT2D eigenvalue weighted by Crippen LogP contribution is 2.38. The molecule has 2 aliphatic rings. The fourth-order valence-corrected chi connectivity index (χ4v) is 3.10. The van der Waals surface area contributed by atoms with Gasteiger partial charge in [-0.15, -0.1) is 0 Å². The Morgan fingerprint density at radius 2 is 2.11 bits per heavy atom. The fourth-order valence-electron chi connectivity index (χ4n) is 2.50. The van der Waals surface area contributed by atoms with Crippen LogP contribution in [0.15, 0.2) is 16.6 Å². The molecule has 0 aromatic heterocycles. The van der Waals surface area contributed by atoms with Crippen molar-refractivity contribution in [1.82, 2.24) is 5.32 Å². The number of hydrogen-bond donors (Lipinski definition) is 1. The summed E-state index contributed by atoms with van der Waals surface area (Å²) in [6, 6.07) is 4.78. The summed E-state index contributed by atoms with van der Waals surface area (Å²) < 4.78 is 12.2. The molecule has 1 fully saturated rings. The first kappa shape index (κ1) is 13.3. The van der Waals surface area contributed by atoms with Gasteiger partial charge >= 0.3 is 0 Å². The third-order valence-electron chi connectivity index (χ3n) is 3.70. The summed E-state index contributed by atoms with van der Waals surface area (Å²) in [5.74, 6) is 2.66.